The first-order valence-corrected chi connectivity index (χ1v) is 10.7. The van der Waals surface area contributed by atoms with Crippen LogP contribution in [0.1, 0.15) is 9.67 Å². The van der Waals surface area contributed by atoms with Crippen LogP contribution in [-0.4, -0.2) is 43.6 Å². The van der Waals surface area contributed by atoms with Crippen LogP contribution in [0, 0.1) is 10.1 Å². The van der Waals surface area contributed by atoms with E-state index in [1.165, 1.54) is 50.6 Å². The number of aromatic carboxylic acids is 1. The van der Waals surface area contributed by atoms with Crippen LogP contribution in [0.25, 0.3) is 11.3 Å². The van der Waals surface area contributed by atoms with Gasteiger partial charge in [0.05, 0.1) is 29.7 Å². The van der Waals surface area contributed by atoms with Gasteiger partial charge in [0.15, 0.2) is 16.6 Å². The molecule has 162 valence electrons. The van der Waals surface area contributed by atoms with Crippen molar-refractivity contribution in [2.45, 2.75) is 4.90 Å². The zero-order valence-corrected chi connectivity index (χ0v) is 17.7. The van der Waals surface area contributed by atoms with Crippen molar-refractivity contribution in [1.29, 1.82) is 0 Å². The first kappa shape index (κ1) is 22.0. The molecule has 1 heterocycles. The maximum atomic E-state index is 12.8. The van der Waals surface area contributed by atoms with Crippen LogP contribution in [0.3, 0.4) is 0 Å². The lowest BCUT2D eigenvalue weighted by Crippen LogP contribution is -2.13. The van der Waals surface area contributed by atoms with E-state index in [1.54, 1.807) is 0 Å². The van der Waals surface area contributed by atoms with E-state index in [-0.39, 0.29) is 37.6 Å². The molecule has 11 nitrogen and oxygen atoms in total. The van der Waals surface area contributed by atoms with E-state index in [1.807, 2.05) is 0 Å². The largest absolute Gasteiger partial charge is 0.493 e. The zero-order valence-electron chi connectivity index (χ0n) is 16.1. The fraction of sp³-hybridized carbons (Fsp3) is 0.111. The number of hydrogen-bond acceptors (Lipinski definition) is 9. The highest BCUT2D eigenvalue weighted by Gasteiger charge is 2.24. The third kappa shape index (κ3) is 4.57. The minimum atomic E-state index is -4.14. The van der Waals surface area contributed by atoms with Gasteiger partial charge in [-0.3, -0.25) is 14.8 Å². The Balaban J connectivity index is 2.01. The molecule has 0 amide bonds. The van der Waals surface area contributed by atoms with Gasteiger partial charge >= 0.3 is 5.97 Å². The average Bonchev–Trinajstić information content (AvgIpc) is 3.16. The lowest BCUT2D eigenvalue weighted by atomic mass is 10.1. The Morgan fingerprint density at radius 3 is 2.48 bits per heavy atom. The van der Waals surface area contributed by atoms with Crippen LogP contribution in [-0.2, 0) is 10.0 Å². The molecule has 1 aromatic heterocycles. The van der Waals surface area contributed by atoms with Gasteiger partial charge in [-0.05, 0) is 12.1 Å². The Kier molecular flexibility index (Phi) is 6.08. The molecule has 0 aliphatic carbocycles. The van der Waals surface area contributed by atoms with Crippen molar-refractivity contribution < 1.29 is 32.7 Å². The average molecular weight is 465 g/mol. The number of carboxylic acid groups (broad SMARTS) is 1. The quantitative estimate of drug-likeness (QED) is 0.376. The standard InChI is InChI=1S/C18H15N3O8S2/c1-28-13-7-6-12(9-14(13)29-2)31(26,27)20-18-19-15(16(30-18)17(22)23)10-4-3-5-11(8-10)21(24)25/h3-9H,1-2H3,(H,19,20)(H,22,23). The van der Waals surface area contributed by atoms with Gasteiger partial charge in [-0.15, -0.1) is 0 Å². The molecule has 2 N–H and O–H groups in total. The van der Waals surface area contributed by atoms with E-state index >= 15 is 0 Å². The van der Waals surface area contributed by atoms with E-state index in [2.05, 4.69) is 9.71 Å². The third-order valence-corrected chi connectivity index (χ3v) is 6.46. The highest BCUT2D eigenvalue weighted by molar-refractivity contribution is 7.93. The molecule has 3 rings (SSSR count). The van der Waals surface area contributed by atoms with E-state index < -0.39 is 20.9 Å². The summed E-state index contributed by atoms with van der Waals surface area (Å²) in [6.45, 7) is 0. The van der Waals surface area contributed by atoms with Crippen molar-refractivity contribution in [1.82, 2.24) is 4.98 Å². The van der Waals surface area contributed by atoms with Gasteiger partial charge in [-0.25, -0.2) is 18.2 Å². The molecule has 2 aromatic carbocycles. The van der Waals surface area contributed by atoms with E-state index in [0.29, 0.717) is 17.1 Å². The first-order chi connectivity index (χ1) is 14.7. The minimum Gasteiger partial charge on any atom is -0.493 e. The maximum absolute atomic E-state index is 12.8. The van der Waals surface area contributed by atoms with Crippen LogP contribution >= 0.6 is 11.3 Å². The number of nitrogens with one attached hydrogen (secondary N) is 1. The number of nitrogens with zero attached hydrogens (tertiary/aromatic N) is 2. The Morgan fingerprint density at radius 1 is 1.16 bits per heavy atom. The van der Waals surface area contributed by atoms with Crippen LogP contribution in [0.15, 0.2) is 47.4 Å². The normalized spacial score (nSPS) is 11.0. The van der Waals surface area contributed by atoms with Crippen molar-refractivity contribution in [3.8, 4) is 22.8 Å². The van der Waals surface area contributed by atoms with Gasteiger partial charge in [0.2, 0.25) is 0 Å². The summed E-state index contributed by atoms with van der Waals surface area (Å²) in [7, 11) is -1.38. The second kappa shape index (κ2) is 8.57. The van der Waals surface area contributed by atoms with Crippen molar-refractivity contribution in [2.24, 2.45) is 0 Å². The molecule has 0 spiro atoms. The lowest BCUT2D eigenvalue weighted by Gasteiger charge is -2.10. The second-order valence-electron chi connectivity index (χ2n) is 5.93. The molecule has 0 fully saturated rings. The second-order valence-corrected chi connectivity index (χ2v) is 8.61. The minimum absolute atomic E-state index is 0.0915. The number of methoxy groups -OCH3 is 2. The van der Waals surface area contributed by atoms with Crippen molar-refractivity contribution >= 4 is 38.1 Å². The van der Waals surface area contributed by atoms with Gasteiger partial charge in [0.1, 0.15) is 4.88 Å². The SMILES string of the molecule is COc1ccc(S(=O)(=O)Nc2nc(-c3cccc([N+](=O)[O-])c3)c(C(=O)O)s2)cc1OC. The highest BCUT2D eigenvalue weighted by Crippen LogP contribution is 2.35. The van der Waals surface area contributed by atoms with Crippen LogP contribution in [0.4, 0.5) is 10.8 Å². The number of non-ortho nitro benzene ring substituents is 1. The summed E-state index contributed by atoms with van der Waals surface area (Å²) in [5, 5.41) is 20.3. The summed E-state index contributed by atoms with van der Waals surface area (Å²) < 4.78 is 37.9. The molecule has 0 bridgehead atoms. The van der Waals surface area contributed by atoms with E-state index in [0.717, 1.165) is 6.07 Å². The van der Waals surface area contributed by atoms with Gasteiger partial charge in [-0.1, -0.05) is 23.5 Å². The number of sulfonamides is 1. The molecule has 0 unspecified atom stereocenters. The molecular formula is C18H15N3O8S2. The van der Waals surface area contributed by atoms with E-state index in [4.69, 9.17) is 9.47 Å². The molecule has 3 aromatic rings. The molecule has 0 aliphatic heterocycles. The Labute approximate surface area is 180 Å². The number of nitro groups is 1. The molecule has 0 radical (unpaired) electrons. The van der Waals surface area contributed by atoms with Crippen LogP contribution in [0.2, 0.25) is 0 Å². The number of carbonyl (C=O) groups is 1. The van der Waals surface area contributed by atoms with Gasteiger partial charge in [-0.2, -0.15) is 0 Å². The number of carboxylic acids is 1. The number of rotatable bonds is 8. The zero-order chi connectivity index (χ0) is 22.8. The number of anilines is 1. The molecule has 0 aliphatic rings. The van der Waals surface area contributed by atoms with Crippen LogP contribution in [0.5, 0.6) is 11.5 Å². The number of thiazole rings is 1. The summed E-state index contributed by atoms with van der Waals surface area (Å²) in [6, 6.07) is 9.18. The molecule has 0 saturated carbocycles. The Hall–Kier alpha value is -3.71. The van der Waals surface area contributed by atoms with E-state index in [9.17, 15) is 28.4 Å². The fourth-order valence-corrected chi connectivity index (χ4v) is 4.71. The van der Waals surface area contributed by atoms with Crippen molar-refractivity contribution in [3.63, 3.8) is 0 Å². The van der Waals surface area contributed by atoms with Gasteiger partial charge in [0, 0.05) is 23.8 Å². The molecule has 0 saturated heterocycles. The lowest BCUT2D eigenvalue weighted by molar-refractivity contribution is -0.384. The first-order valence-electron chi connectivity index (χ1n) is 8.40. The van der Waals surface area contributed by atoms with Gasteiger partial charge in [0.25, 0.3) is 15.7 Å². The third-order valence-electron chi connectivity index (χ3n) is 4.04. The molecule has 31 heavy (non-hydrogen) atoms. The van der Waals surface area contributed by atoms with Crippen molar-refractivity contribution in [2.75, 3.05) is 18.9 Å². The Morgan fingerprint density at radius 2 is 1.87 bits per heavy atom. The number of benzene rings is 2. The predicted octanol–water partition coefficient (Wildman–Crippen LogP) is 3.23. The number of hydrogen-bond donors (Lipinski definition) is 2. The molecular weight excluding hydrogens is 450 g/mol. The summed E-state index contributed by atoms with van der Waals surface area (Å²) >= 11 is 0.589. The number of nitro benzene ring substituents is 1. The summed E-state index contributed by atoms with van der Waals surface area (Å²) in [5.41, 5.74) is -0.181. The fourth-order valence-electron chi connectivity index (χ4n) is 2.63. The number of aromatic nitrogens is 1. The van der Waals surface area contributed by atoms with Gasteiger partial charge < -0.3 is 14.6 Å². The van der Waals surface area contributed by atoms with Crippen LogP contribution < -0.4 is 14.2 Å². The summed E-state index contributed by atoms with van der Waals surface area (Å²) in [4.78, 5) is 25.7. The summed E-state index contributed by atoms with van der Waals surface area (Å²) in [5.74, 6) is -0.833. The summed E-state index contributed by atoms with van der Waals surface area (Å²) in [6.07, 6.45) is 0. The molecule has 13 heteroatoms. The monoisotopic (exact) mass is 465 g/mol. The topological polar surface area (TPSA) is 158 Å². The maximum Gasteiger partial charge on any atom is 0.348 e. The predicted molar refractivity (Wildman–Crippen MR) is 112 cm³/mol. The smallest absolute Gasteiger partial charge is 0.348 e. The number of ether oxygens (including phenoxy) is 2. The Bertz CT molecular complexity index is 1270. The van der Waals surface area contributed by atoms with Crippen molar-refractivity contribution in [3.05, 3.63) is 57.5 Å². The molecule has 0 atom stereocenters. The highest BCUT2D eigenvalue weighted by atomic mass is 32.2.